The number of carbonyl (C=O) groups excluding carboxylic acids is 1. The Morgan fingerprint density at radius 3 is 2.39 bits per heavy atom. The predicted octanol–water partition coefficient (Wildman–Crippen LogP) is 3.42. The minimum Gasteiger partial charge on any atom is -0.473 e. The van der Waals surface area contributed by atoms with E-state index in [4.69, 9.17) is 24.5 Å². The maximum absolute atomic E-state index is 12.8. The van der Waals surface area contributed by atoms with Crippen LogP contribution in [0.2, 0.25) is 0 Å². The van der Waals surface area contributed by atoms with Crippen molar-refractivity contribution in [3.63, 3.8) is 0 Å². The number of carboxylic acids is 2. The van der Waals surface area contributed by atoms with E-state index in [-0.39, 0.29) is 6.09 Å². The zero-order valence-electron chi connectivity index (χ0n) is 18.2. The van der Waals surface area contributed by atoms with Crippen molar-refractivity contribution < 1.29 is 29.3 Å². The molecule has 2 heterocycles. The van der Waals surface area contributed by atoms with Gasteiger partial charge in [0.25, 0.3) is 0 Å². The van der Waals surface area contributed by atoms with Crippen molar-refractivity contribution in [1.29, 1.82) is 0 Å². The molecule has 2 aromatic rings. The van der Waals surface area contributed by atoms with Gasteiger partial charge in [-0.25, -0.2) is 14.4 Å². The maximum atomic E-state index is 12.8. The van der Waals surface area contributed by atoms with Crippen LogP contribution in [0, 0.1) is 0 Å². The lowest BCUT2D eigenvalue weighted by atomic mass is 9.93. The van der Waals surface area contributed by atoms with Crippen LogP contribution in [0.1, 0.15) is 28.7 Å². The van der Waals surface area contributed by atoms with Gasteiger partial charge in [0.15, 0.2) is 0 Å². The summed E-state index contributed by atoms with van der Waals surface area (Å²) in [6, 6.07) is 12.4. The number of hydrogen-bond acceptors (Lipinski definition) is 5. The Hall–Kier alpha value is -2.91. The number of rotatable bonds is 3. The first-order chi connectivity index (χ1) is 15.9. The summed E-state index contributed by atoms with van der Waals surface area (Å²) in [5, 5.41) is 18.2. The molecule has 9 heteroatoms. The number of carboxylic acid groups (broad SMARTS) is 2. The fourth-order valence-electron chi connectivity index (χ4n) is 4.03. The second-order valence-electron chi connectivity index (χ2n) is 7.80. The summed E-state index contributed by atoms with van der Waals surface area (Å²) in [7, 11) is 0. The molecule has 8 nitrogen and oxygen atoms in total. The smallest absolute Gasteiger partial charge is 0.414 e. The minimum atomic E-state index is -1.82. The van der Waals surface area contributed by atoms with Crippen LogP contribution in [0.4, 0.5) is 10.5 Å². The van der Waals surface area contributed by atoms with Crippen molar-refractivity contribution >= 4 is 39.6 Å². The fourth-order valence-corrected chi connectivity index (χ4v) is 4.95. The van der Waals surface area contributed by atoms with E-state index in [2.05, 4.69) is 39.4 Å². The monoisotopic (exact) mass is 518 g/mol. The number of nitrogens with zero attached hydrogens (tertiary/aromatic N) is 1. The predicted molar refractivity (Wildman–Crippen MR) is 127 cm³/mol. The summed E-state index contributed by atoms with van der Waals surface area (Å²) >= 11 is 3.82. The molecule has 2 aromatic carbocycles. The van der Waals surface area contributed by atoms with E-state index in [9.17, 15) is 4.79 Å². The van der Waals surface area contributed by atoms with Gasteiger partial charge >= 0.3 is 18.0 Å². The fraction of sp³-hybridized carbons (Fsp3) is 0.375. The summed E-state index contributed by atoms with van der Waals surface area (Å²) in [5.41, 5.74) is 6.20. The zero-order chi connectivity index (χ0) is 23.8. The number of anilines is 1. The van der Waals surface area contributed by atoms with Gasteiger partial charge in [-0.05, 0) is 77.0 Å². The Morgan fingerprint density at radius 2 is 1.70 bits per heavy atom. The number of ether oxygens (including phenoxy) is 1. The van der Waals surface area contributed by atoms with Crippen LogP contribution in [0.5, 0.6) is 0 Å². The lowest BCUT2D eigenvalue weighted by Gasteiger charge is -2.31. The molecule has 0 bridgehead atoms. The number of amides is 1. The molecule has 1 amide bonds. The molecule has 0 saturated carbocycles. The van der Waals surface area contributed by atoms with E-state index in [0.717, 1.165) is 55.4 Å². The second-order valence-corrected chi connectivity index (χ2v) is 8.59. The molecule has 0 fully saturated rings. The van der Waals surface area contributed by atoms with E-state index in [1.165, 1.54) is 22.3 Å². The summed E-state index contributed by atoms with van der Waals surface area (Å²) < 4.78 is 6.70. The molecule has 0 saturated heterocycles. The minimum absolute atomic E-state index is 0.237. The standard InChI is InChI=1S/C22H25BrN2O2.C2H2O4/c23-20-19-9-12-24-11-8-17(19)15-18-7-4-13-25(21(18)20)22(26)27-14-10-16-5-2-1-3-6-16;3-1(4)2(5)6/h1-3,5-6,15,24H,4,7-14H2;(H,3,4)(H,5,6). The molecule has 0 spiro atoms. The number of fused-ring (bicyclic) bond motifs is 2. The van der Waals surface area contributed by atoms with Crippen molar-refractivity contribution in [2.24, 2.45) is 0 Å². The third-order valence-corrected chi connectivity index (χ3v) is 6.45. The van der Waals surface area contributed by atoms with Crippen molar-refractivity contribution in [3.8, 4) is 0 Å². The molecule has 33 heavy (non-hydrogen) atoms. The third-order valence-electron chi connectivity index (χ3n) is 5.60. The molecular formula is C24H27BrN2O6. The number of hydrogen-bond donors (Lipinski definition) is 3. The van der Waals surface area contributed by atoms with Gasteiger partial charge in [0.1, 0.15) is 0 Å². The molecule has 4 rings (SSSR count). The Bertz CT molecular complexity index is 1000. The molecule has 0 aromatic heterocycles. The van der Waals surface area contributed by atoms with Crippen LogP contribution in [-0.4, -0.2) is 54.5 Å². The van der Waals surface area contributed by atoms with E-state index in [1.807, 2.05) is 23.1 Å². The molecule has 0 aliphatic carbocycles. The van der Waals surface area contributed by atoms with Crippen LogP contribution in [0.15, 0.2) is 40.9 Å². The lowest BCUT2D eigenvalue weighted by Crippen LogP contribution is -2.37. The summed E-state index contributed by atoms with van der Waals surface area (Å²) in [6.07, 6.45) is 4.53. The Balaban J connectivity index is 0.000000454. The Labute approximate surface area is 200 Å². The number of aliphatic carboxylic acids is 2. The highest BCUT2D eigenvalue weighted by molar-refractivity contribution is 9.10. The van der Waals surface area contributed by atoms with Crippen LogP contribution < -0.4 is 10.2 Å². The maximum Gasteiger partial charge on any atom is 0.414 e. The highest BCUT2D eigenvalue weighted by Gasteiger charge is 2.29. The molecule has 0 atom stereocenters. The van der Waals surface area contributed by atoms with Gasteiger partial charge in [-0.2, -0.15) is 0 Å². The normalized spacial score (nSPS) is 14.6. The quantitative estimate of drug-likeness (QED) is 0.533. The number of aryl methyl sites for hydroxylation is 1. The van der Waals surface area contributed by atoms with E-state index < -0.39 is 11.9 Å². The van der Waals surface area contributed by atoms with Crippen LogP contribution >= 0.6 is 15.9 Å². The van der Waals surface area contributed by atoms with Crippen molar-refractivity contribution in [1.82, 2.24) is 5.32 Å². The first-order valence-corrected chi connectivity index (χ1v) is 11.7. The first-order valence-electron chi connectivity index (χ1n) is 10.9. The largest absolute Gasteiger partial charge is 0.473 e. The number of nitrogens with one attached hydrogen (secondary N) is 1. The van der Waals surface area contributed by atoms with Crippen LogP contribution in [-0.2, 0) is 40.0 Å². The third kappa shape index (κ3) is 6.55. The van der Waals surface area contributed by atoms with Gasteiger partial charge in [-0.15, -0.1) is 0 Å². The number of carbonyl (C=O) groups is 3. The summed E-state index contributed by atoms with van der Waals surface area (Å²) in [4.78, 5) is 32.8. The van der Waals surface area contributed by atoms with Crippen LogP contribution in [0.3, 0.4) is 0 Å². The highest BCUT2D eigenvalue weighted by atomic mass is 79.9. The molecule has 2 aliphatic rings. The van der Waals surface area contributed by atoms with E-state index in [0.29, 0.717) is 13.2 Å². The summed E-state index contributed by atoms with van der Waals surface area (Å²) in [6.45, 7) is 3.11. The molecule has 2 aliphatic heterocycles. The number of halogens is 1. The molecule has 0 unspecified atom stereocenters. The van der Waals surface area contributed by atoms with Gasteiger partial charge in [-0.1, -0.05) is 36.4 Å². The first kappa shape index (κ1) is 24.7. The van der Waals surface area contributed by atoms with Crippen molar-refractivity contribution in [2.75, 3.05) is 31.1 Å². The molecule has 0 radical (unpaired) electrons. The van der Waals surface area contributed by atoms with Gasteiger partial charge in [0.2, 0.25) is 0 Å². The van der Waals surface area contributed by atoms with Crippen LogP contribution in [0.25, 0.3) is 0 Å². The second kappa shape index (κ2) is 11.8. The molecule has 176 valence electrons. The molecule has 3 N–H and O–H groups in total. The summed E-state index contributed by atoms with van der Waals surface area (Å²) in [5.74, 6) is -3.65. The zero-order valence-corrected chi connectivity index (χ0v) is 19.8. The van der Waals surface area contributed by atoms with E-state index >= 15 is 0 Å². The lowest BCUT2D eigenvalue weighted by molar-refractivity contribution is -0.159. The van der Waals surface area contributed by atoms with Gasteiger partial charge < -0.3 is 20.3 Å². The molecular weight excluding hydrogens is 492 g/mol. The van der Waals surface area contributed by atoms with E-state index in [1.54, 1.807) is 0 Å². The average molecular weight is 519 g/mol. The SMILES string of the molecule is O=C(O)C(=O)O.O=C(OCCc1ccccc1)N1CCCc2cc3c(c(Br)c21)CCNCC3. The topological polar surface area (TPSA) is 116 Å². The van der Waals surface area contributed by atoms with Crippen molar-refractivity contribution in [3.05, 3.63) is 63.1 Å². The average Bonchev–Trinajstić information content (AvgIpc) is 3.05. The Kier molecular flexibility index (Phi) is 8.85. The highest BCUT2D eigenvalue weighted by Crippen LogP contribution is 2.40. The van der Waals surface area contributed by atoms with Gasteiger partial charge in [0.05, 0.1) is 12.3 Å². The number of benzene rings is 2. The van der Waals surface area contributed by atoms with Gasteiger partial charge in [-0.3, -0.25) is 4.90 Å². The Morgan fingerprint density at radius 1 is 1.00 bits per heavy atom. The van der Waals surface area contributed by atoms with Crippen molar-refractivity contribution in [2.45, 2.75) is 32.1 Å². The van der Waals surface area contributed by atoms with Gasteiger partial charge in [0, 0.05) is 17.4 Å².